The van der Waals surface area contributed by atoms with Crippen LogP contribution in [0.4, 0.5) is 0 Å². The predicted molar refractivity (Wildman–Crippen MR) is 113 cm³/mol. The molecule has 3 aromatic carbocycles. The lowest BCUT2D eigenvalue weighted by Crippen LogP contribution is -2.17. The highest BCUT2D eigenvalue weighted by Crippen LogP contribution is 2.29. The van der Waals surface area contributed by atoms with Crippen LogP contribution in [0.15, 0.2) is 88.1 Å². The van der Waals surface area contributed by atoms with Crippen LogP contribution in [-0.4, -0.2) is 11.1 Å². The van der Waals surface area contributed by atoms with E-state index in [1.54, 1.807) is 13.0 Å². The number of aromatic hydroxyl groups is 1. The number of hydrogen-bond donors (Lipinski definition) is 1. The third kappa shape index (κ3) is 3.82. The number of benzene rings is 3. The second-order valence-corrected chi connectivity index (χ2v) is 7.04. The quantitative estimate of drug-likeness (QED) is 0.389. The van der Waals surface area contributed by atoms with Crippen LogP contribution < -0.4 is 5.63 Å². The van der Waals surface area contributed by atoms with E-state index in [-0.39, 0.29) is 17.9 Å². The lowest BCUT2D eigenvalue weighted by molar-refractivity contribution is -0.145. The molecule has 1 aromatic heterocycles. The number of aryl methyl sites for hydroxylation is 1. The molecule has 0 fully saturated rings. The topological polar surface area (TPSA) is 76.7 Å². The van der Waals surface area contributed by atoms with Crippen LogP contribution in [0.25, 0.3) is 11.0 Å². The number of phenols is 1. The van der Waals surface area contributed by atoms with Crippen molar-refractivity contribution in [1.29, 1.82) is 0 Å². The molecule has 0 aliphatic carbocycles. The highest BCUT2D eigenvalue weighted by molar-refractivity contribution is 5.86. The van der Waals surface area contributed by atoms with Crippen molar-refractivity contribution in [2.24, 2.45) is 0 Å². The summed E-state index contributed by atoms with van der Waals surface area (Å²) >= 11 is 0. The molecule has 4 aromatic rings. The summed E-state index contributed by atoms with van der Waals surface area (Å²) in [7, 11) is 0. The van der Waals surface area contributed by atoms with Gasteiger partial charge in [-0.25, -0.2) is 4.79 Å². The van der Waals surface area contributed by atoms with Gasteiger partial charge in [-0.3, -0.25) is 4.79 Å². The summed E-state index contributed by atoms with van der Waals surface area (Å²) in [5.74, 6) is -0.957. The molecular weight excluding hydrogens is 380 g/mol. The van der Waals surface area contributed by atoms with Crippen molar-refractivity contribution in [1.82, 2.24) is 0 Å². The highest BCUT2D eigenvalue weighted by Gasteiger charge is 2.24. The minimum absolute atomic E-state index is 0.0352. The molecule has 0 unspecified atom stereocenters. The Hall–Kier alpha value is -3.86. The van der Waals surface area contributed by atoms with Gasteiger partial charge in [0.1, 0.15) is 23.9 Å². The molecule has 0 amide bonds. The number of fused-ring (bicyclic) bond motifs is 1. The minimum atomic E-state index is -0.579. The lowest BCUT2D eigenvalue weighted by atomic mass is 9.91. The molecule has 0 aliphatic rings. The van der Waals surface area contributed by atoms with Crippen molar-refractivity contribution < 1.29 is 19.1 Å². The molecular formula is C25H20O5. The van der Waals surface area contributed by atoms with Crippen LogP contribution in [0.2, 0.25) is 0 Å². The maximum absolute atomic E-state index is 13.1. The minimum Gasteiger partial charge on any atom is -0.508 e. The van der Waals surface area contributed by atoms with E-state index in [1.807, 2.05) is 60.7 Å². The van der Waals surface area contributed by atoms with Crippen LogP contribution in [0, 0.1) is 6.92 Å². The Kier molecular flexibility index (Phi) is 5.35. The molecule has 0 saturated heterocycles. The van der Waals surface area contributed by atoms with Crippen LogP contribution in [-0.2, 0) is 16.1 Å². The molecule has 0 radical (unpaired) electrons. The van der Waals surface area contributed by atoms with E-state index in [0.717, 1.165) is 11.1 Å². The van der Waals surface area contributed by atoms with Gasteiger partial charge in [0, 0.05) is 22.6 Å². The first-order valence-electron chi connectivity index (χ1n) is 9.56. The van der Waals surface area contributed by atoms with Gasteiger partial charge in [0.25, 0.3) is 0 Å². The van der Waals surface area contributed by atoms with Crippen molar-refractivity contribution in [2.75, 3.05) is 0 Å². The van der Waals surface area contributed by atoms with Gasteiger partial charge in [-0.2, -0.15) is 0 Å². The summed E-state index contributed by atoms with van der Waals surface area (Å²) < 4.78 is 10.9. The average Bonchev–Trinajstić information content (AvgIpc) is 2.76. The molecule has 0 spiro atoms. The van der Waals surface area contributed by atoms with Crippen molar-refractivity contribution in [3.63, 3.8) is 0 Å². The number of ether oxygens (including phenoxy) is 1. The van der Waals surface area contributed by atoms with Crippen molar-refractivity contribution in [3.05, 3.63) is 112 Å². The second-order valence-electron chi connectivity index (χ2n) is 7.04. The van der Waals surface area contributed by atoms with Crippen LogP contribution in [0.5, 0.6) is 5.75 Å². The van der Waals surface area contributed by atoms with Crippen LogP contribution in [0.3, 0.4) is 0 Å². The normalized spacial score (nSPS) is 11.0. The Bertz CT molecular complexity index is 1200. The van der Waals surface area contributed by atoms with E-state index >= 15 is 0 Å². The molecule has 5 nitrogen and oxygen atoms in total. The van der Waals surface area contributed by atoms with E-state index in [0.29, 0.717) is 16.5 Å². The Labute approximate surface area is 173 Å². The van der Waals surface area contributed by atoms with Gasteiger partial charge in [0.15, 0.2) is 0 Å². The van der Waals surface area contributed by atoms with Gasteiger partial charge in [0.2, 0.25) is 0 Å². The summed E-state index contributed by atoms with van der Waals surface area (Å²) in [5.41, 5.74) is 2.36. The van der Waals surface area contributed by atoms with Gasteiger partial charge < -0.3 is 14.3 Å². The van der Waals surface area contributed by atoms with Gasteiger partial charge >= 0.3 is 11.6 Å². The maximum Gasteiger partial charge on any atom is 0.336 e. The first-order valence-corrected chi connectivity index (χ1v) is 9.56. The predicted octanol–water partition coefficient (Wildman–Crippen LogP) is 4.68. The monoisotopic (exact) mass is 400 g/mol. The fourth-order valence-corrected chi connectivity index (χ4v) is 3.52. The molecule has 4 rings (SSSR count). The molecule has 0 aliphatic heterocycles. The number of carbonyl (C=O) groups is 1. The molecule has 1 N–H and O–H groups in total. The Balaban J connectivity index is 1.66. The van der Waals surface area contributed by atoms with Gasteiger partial charge in [-0.15, -0.1) is 0 Å². The molecule has 0 atom stereocenters. The molecule has 0 saturated carbocycles. The first kappa shape index (κ1) is 19.5. The fraction of sp³-hybridized carbons (Fsp3) is 0.120. The smallest absolute Gasteiger partial charge is 0.336 e. The van der Waals surface area contributed by atoms with Crippen molar-refractivity contribution in [3.8, 4) is 5.75 Å². The largest absolute Gasteiger partial charge is 0.508 e. The standard InChI is InChI=1S/C25H20O5/c1-16-21(26)13-12-20-19(14-22(27)30-24(16)20)15-29-25(28)23(17-8-4-2-5-9-17)18-10-6-3-7-11-18/h2-14,23,26H,15H2,1H3. The summed E-state index contributed by atoms with van der Waals surface area (Å²) in [6, 6.07) is 23.3. The van der Waals surface area contributed by atoms with E-state index in [2.05, 4.69) is 0 Å². The molecule has 1 heterocycles. The number of esters is 1. The summed E-state index contributed by atoms with van der Waals surface area (Å²) in [6.07, 6.45) is 0. The fourth-order valence-electron chi connectivity index (χ4n) is 3.52. The zero-order valence-corrected chi connectivity index (χ0v) is 16.4. The number of rotatable bonds is 5. The first-order chi connectivity index (χ1) is 14.5. The second kappa shape index (κ2) is 8.25. The van der Waals surface area contributed by atoms with E-state index < -0.39 is 17.5 Å². The SMILES string of the molecule is Cc1c(O)ccc2c(COC(=O)C(c3ccccc3)c3ccccc3)cc(=O)oc12. The zero-order chi connectivity index (χ0) is 21.1. The average molecular weight is 400 g/mol. The van der Waals surface area contributed by atoms with E-state index in [1.165, 1.54) is 12.1 Å². The maximum atomic E-state index is 13.1. The van der Waals surface area contributed by atoms with Crippen LogP contribution >= 0.6 is 0 Å². The Morgan fingerprint density at radius 3 is 2.17 bits per heavy atom. The Morgan fingerprint density at radius 2 is 1.57 bits per heavy atom. The zero-order valence-electron chi connectivity index (χ0n) is 16.4. The third-order valence-electron chi connectivity index (χ3n) is 5.09. The van der Waals surface area contributed by atoms with Gasteiger partial charge in [0.05, 0.1) is 0 Å². The van der Waals surface area contributed by atoms with Gasteiger partial charge in [-0.1, -0.05) is 60.7 Å². The van der Waals surface area contributed by atoms with Crippen molar-refractivity contribution in [2.45, 2.75) is 19.4 Å². The molecule has 0 bridgehead atoms. The highest BCUT2D eigenvalue weighted by atomic mass is 16.5. The summed E-state index contributed by atoms with van der Waals surface area (Å²) in [6.45, 7) is 1.58. The molecule has 30 heavy (non-hydrogen) atoms. The third-order valence-corrected chi connectivity index (χ3v) is 5.09. The lowest BCUT2D eigenvalue weighted by Gasteiger charge is -2.17. The van der Waals surface area contributed by atoms with E-state index in [9.17, 15) is 14.7 Å². The molecule has 5 heteroatoms. The summed E-state index contributed by atoms with van der Waals surface area (Å²) in [5, 5.41) is 10.5. The number of phenolic OH excluding ortho intramolecular Hbond substituents is 1. The number of hydrogen-bond acceptors (Lipinski definition) is 5. The molecule has 150 valence electrons. The summed E-state index contributed by atoms with van der Waals surface area (Å²) in [4.78, 5) is 25.1. The van der Waals surface area contributed by atoms with Crippen LogP contribution in [0.1, 0.15) is 28.2 Å². The van der Waals surface area contributed by atoms with E-state index in [4.69, 9.17) is 9.15 Å². The Morgan fingerprint density at radius 1 is 0.967 bits per heavy atom. The van der Waals surface area contributed by atoms with Gasteiger partial charge in [-0.05, 0) is 30.2 Å². The van der Waals surface area contributed by atoms with Crippen molar-refractivity contribution >= 4 is 16.9 Å². The number of carbonyl (C=O) groups excluding carboxylic acids is 1.